The van der Waals surface area contributed by atoms with E-state index in [9.17, 15) is 19.7 Å². The van der Waals surface area contributed by atoms with Gasteiger partial charge in [0.05, 0.1) is 26.8 Å². The Balaban J connectivity index is 1.83. The molecule has 0 aliphatic carbocycles. The van der Waals surface area contributed by atoms with Crippen molar-refractivity contribution in [3.63, 3.8) is 0 Å². The van der Waals surface area contributed by atoms with E-state index in [2.05, 4.69) is 10.3 Å². The van der Waals surface area contributed by atoms with Crippen LogP contribution in [-0.4, -0.2) is 21.7 Å². The quantitative estimate of drug-likeness (QED) is 0.423. The molecule has 3 rings (SSSR count). The third kappa shape index (κ3) is 4.83. The predicted molar refractivity (Wildman–Crippen MR) is 110 cm³/mol. The van der Waals surface area contributed by atoms with Crippen molar-refractivity contribution in [2.45, 2.75) is 0 Å². The predicted octanol–water partition coefficient (Wildman–Crippen LogP) is 4.44. The molecule has 1 heterocycles. The lowest BCUT2D eigenvalue weighted by Gasteiger charge is -2.12. The Morgan fingerprint density at radius 1 is 1.07 bits per heavy atom. The van der Waals surface area contributed by atoms with Gasteiger partial charge in [-0.15, -0.1) is 0 Å². The summed E-state index contributed by atoms with van der Waals surface area (Å²) in [5.74, 6) is -1.12. The van der Waals surface area contributed by atoms with E-state index >= 15 is 0 Å². The third-order valence-electron chi connectivity index (χ3n) is 3.83. The summed E-state index contributed by atoms with van der Waals surface area (Å²) in [7, 11) is 0. The van der Waals surface area contributed by atoms with E-state index in [1.165, 1.54) is 48.5 Å². The summed E-state index contributed by atoms with van der Waals surface area (Å²) in [6.07, 6.45) is 1.04. The second-order valence-corrected chi connectivity index (χ2v) is 6.71. The molecular formula is C19H12Cl2N4O5. The van der Waals surface area contributed by atoms with Crippen LogP contribution in [0.3, 0.4) is 0 Å². The van der Waals surface area contributed by atoms with Crippen molar-refractivity contribution >= 4 is 46.4 Å². The molecule has 3 aromatic rings. The molecule has 0 aliphatic rings. The number of primary amides is 1. The van der Waals surface area contributed by atoms with Crippen LogP contribution in [0.25, 0.3) is 0 Å². The molecule has 0 spiro atoms. The molecule has 152 valence electrons. The Labute approximate surface area is 179 Å². The number of hydrogen-bond donors (Lipinski definition) is 2. The number of rotatable bonds is 6. The van der Waals surface area contributed by atoms with Gasteiger partial charge in [-0.3, -0.25) is 19.7 Å². The van der Waals surface area contributed by atoms with Gasteiger partial charge in [0.2, 0.25) is 5.88 Å². The monoisotopic (exact) mass is 446 g/mol. The first-order valence-electron chi connectivity index (χ1n) is 8.23. The molecule has 9 nitrogen and oxygen atoms in total. The topological polar surface area (TPSA) is 137 Å². The maximum absolute atomic E-state index is 12.5. The van der Waals surface area contributed by atoms with E-state index in [1.54, 1.807) is 0 Å². The molecule has 2 amide bonds. The average molecular weight is 447 g/mol. The van der Waals surface area contributed by atoms with Crippen LogP contribution >= 0.6 is 23.2 Å². The van der Waals surface area contributed by atoms with E-state index in [-0.39, 0.29) is 39.2 Å². The van der Waals surface area contributed by atoms with E-state index in [0.717, 1.165) is 6.20 Å². The standard InChI is InChI=1S/C19H12Cl2N4O5/c20-10-1-4-13(15(21)7-10)19(27)24-16-5-3-12(8-14(16)18(22)26)30-17-6-2-11(9-23-17)25(28)29/h1-9H,(H2,22,26)(H,24,27). The summed E-state index contributed by atoms with van der Waals surface area (Å²) < 4.78 is 5.49. The van der Waals surface area contributed by atoms with Gasteiger partial charge in [-0.1, -0.05) is 23.2 Å². The lowest BCUT2D eigenvalue weighted by molar-refractivity contribution is -0.385. The number of nitrogens with two attached hydrogens (primary N) is 1. The van der Waals surface area contributed by atoms with Gasteiger partial charge in [-0.05, 0) is 36.4 Å². The number of carbonyl (C=O) groups is 2. The van der Waals surface area contributed by atoms with Crippen molar-refractivity contribution in [1.29, 1.82) is 0 Å². The summed E-state index contributed by atoms with van der Waals surface area (Å²) in [6.45, 7) is 0. The number of carbonyl (C=O) groups excluding carboxylic acids is 2. The molecular weight excluding hydrogens is 435 g/mol. The minimum atomic E-state index is -0.811. The first-order valence-corrected chi connectivity index (χ1v) is 8.99. The number of hydrogen-bond acceptors (Lipinski definition) is 6. The number of anilines is 1. The lowest BCUT2D eigenvalue weighted by Crippen LogP contribution is -2.18. The number of nitro groups is 1. The lowest BCUT2D eigenvalue weighted by atomic mass is 10.1. The van der Waals surface area contributed by atoms with Crippen molar-refractivity contribution in [3.05, 3.63) is 86.0 Å². The highest BCUT2D eigenvalue weighted by Gasteiger charge is 2.16. The Morgan fingerprint density at radius 3 is 2.43 bits per heavy atom. The van der Waals surface area contributed by atoms with Crippen molar-refractivity contribution in [3.8, 4) is 11.6 Å². The second-order valence-electron chi connectivity index (χ2n) is 5.86. The number of amides is 2. The molecule has 0 aliphatic heterocycles. The first kappa shape index (κ1) is 21.0. The molecule has 0 bridgehead atoms. The van der Waals surface area contributed by atoms with Gasteiger partial charge in [0.15, 0.2) is 0 Å². The normalized spacial score (nSPS) is 10.3. The molecule has 2 aromatic carbocycles. The first-order chi connectivity index (χ1) is 14.2. The molecule has 0 saturated carbocycles. The number of benzene rings is 2. The second kappa shape index (κ2) is 8.76. The highest BCUT2D eigenvalue weighted by atomic mass is 35.5. The molecule has 0 atom stereocenters. The highest BCUT2D eigenvalue weighted by Crippen LogP contribution is 2.28. The number of aromatic nitrogens is 1. The summed E-state index contributed by atoms with van der Waals surface area (Å²) in [5, 5.41) is 13.8. The van der Waals surface area contributed by atoms with Crippen LogP contribution in [-0.2, 0) is 0 Å². The Bertz CT molecular complexity index is 1150. The molecule has 30 heavy (non-hydrogen) atoms. The fraction of sp³-hybridized carbons (Fsp3) is 0. The number of nitrogens with one attached hydrogen (secondary N) is 1. The minimum absolute atomic E-state index is 0.0205. The Morgan fingerprint density at radius 2 is 1.83 bits per heavy atom. The summed E-state index contributed by atoms with van der Waals surface area (Å²) in [6, 6.07) is 11.1. The molecule has 1 aromatic heterocycles. The van der Waals surface area contributed by atoms with Gasteiger partial charge < -0.3 is 15.8 Å². The van der Waals surface area contributed by atoms with E-state index in [1.807, 2.05) is 0 Å². The fourth-order valence-corrected chi connectivity index (χ4v) is 2.92. The van der Waals surface area contributed by atoms with Crippen LogP contribution in [0.4, 0.5) is 11.4 Å². The van der Waals surface area contributed by atoms with Gasteiger partial charge in [0.1, 0.15) is 11.9 Å². The Hall–Kier alpha value is -3.69. The third-order valence-corrected chi connectivity index (χ3v) is 4.38. The summed E-state index contributed by atoms with van der Waals surface area (Å²) in [5.41, 5.74) is 5.50. The van der Waals surface area contributed by atoms with Gasteiger partial charge in [-0.25, -0.2) is 4.98 Å². The van der Waals surface area contributed by atoms with E-state index in [0.29, 0.717) is 5.02 Å². The largest absolute Gasteiger partial charge is 0.439 e. The van der Waals surface area contributed by atoms with Crippen LogP contribution in [0.5, 0.6) is 11.6 Å². The van der Waals surface area contributed by atoms with Crippen LogP contribution in [0.2, 0.25) is 10.0 Å². The molecule has 11 heteroatoms. The van der Waals surface area contributed by atoms with Gasteiger partial charge in [0, 0.05) is 17.2 Å². The minimum Gasteiger partial charge on any atom is -0.439 e. The summed E-state index contributed by atoms with van der Waals surface area (Å²) >= 11 is 11.9. The number of pyridine rings is 1. The van der Waals surface area contributed by atoms with Crippen LogP contribution in [0, 0.1) is 10.1 Å². The molecule has 0 radical (unpaired) electrons. The molecule has 0 unspecified atom stereocenters. The number of ether oxygens (including phenoxy) is 1. The van der Waals surface area contributed by atoms with E-state index < -0.39 is 16.7 Å². The average Bonchev–Trinajstić information content (AvgIpc) is 2.69. The van der Waals surface area contributed by atoms with Gasteiger partial charge in [-0.2, -0.15) is 0 Å². The van der Waals surface area contributed by atoms with Crippen LogP contribution < -0.4 is 15.8 Å². The van der Waals surface area contributed by atoms with Crippen LogP contribution in [0.1, 0.15) is 20.7 Å². The van der Waals surface area contributed by atoms with Gasteiger partial charge in [0.25, 0.3) is 17.5 Å². The molecule has 0 saturated heterocycles. The highest BCUT2D eigenvalue weighted by molar-refractivity contribution is 6.37. The maximum atomic E-state index is 12.5. The van der Waals surface area contributed by atoms with Crippen molar-refractivity contribution in [1.82, 2.24) is 4.98 Å². The molecule has 3 N–H and O–H groups in total. The zero-order valence-electron chi connectivity index (χ0n) is 15.0. The van der Waals surface area contributed by atoms with Crippen molar-refractivity contribution < 1.29 is 19.2 Å². The fourth-order valence-electron chi connectivity index (χ4n) is 2.42. The zero-order chi connectivity index (χ0) is 21.8. The van der Waals surface area contributed by atoms with E-state index in [4.69, 9.17) is 33.7 Å². The summed E-state index contributed by atoms with van der Waals surface area (Å²) in [4.78, 5) is 38.3. The number of nitrogens with zero attached hydrogens (tertiary/aromatic N) is 2. The smallest absolute Gasteiger partial charge is 0.287 e. The van der Waals surface area contributed by atoms with Crippen molar-refractivity contribution in [2.24, 2.45) is 5.73 Å². The Kier molecular flexibility index (Phi) is 6.14. The van der Waals surface area contributed by atoms with Crippen LogP contribution in [0.15, 0.2) is 54.7 Å². The maximum Gasteiger partial charge on any atom is 0.287 e. The van der Waals surface area contributed by atoms with Crippen molar-refractivity contribution in [2.75, 3.05) is 5.32 Å². The molecule has 0 fully saturated rings. The number of halogens is 2. The van der Waals surface area contributed by atoms with Gasteiger partial charge >= 0.3 is 0 Å². The zero-order valence-corrected chi connectivity index (χ0v) is 16.5. The SMILES string of the molecule is NC(=O)c1cc(Oc2ccc([N+](=O)[O-])cn2)ccc1NC(=O)c1ccc(Cl)cc1Cl.